The van der Waals surface area contributed by atoms with Gasteiger partial charge in [-0.1, -0.05) is 236 Å². The van der Waals surface area contributed by atoms with Crippen LogP contribution in [0, 0.1) is 0 Å². The van der Waals surface area contributed by atoms with E-state index in [1.54, 1.807) is 0 Å². The highest BCUT2D eigenvalue weighted by molar-refractivity contribution is 5.71. The average molecular weight is 909 g/mol. The first-order valence-corrected chi connectivity index (χ1v) is 27.8. The Morgan fingerprint density at radius 2 is 0.600 bits per heavy atom. The first kappa shape index (κ1) is 62.1. The first-order chi connectivity index (χ1) is 32.0. The molecule has 0 rings (SSSR count). The van der Waals surface area contributed by atoms with Crippen LogP contribution in [-0.4, -0.2) is 37.2 Å². The van der Waals surface area contributed by atoms with E-state index in [1.165, 1.54) is 128 Å². The summed E-state index contributed by atoms with van der Waals surface area (Å²) in [6.45, 7) is 6.52. The molecule has 0 amide bonds. The van der Waals surface area contributed by atoms with Crippen LogP contribution in [-0.2, 0) is 28.6 Å². The number of esters is 3. The maximum Gasteiger partial charge on any atom is 0.306 e. The Kier molecular flexibility index (Phi) is 51.3. The molecule has 0 N–H and O–H groups in total. The number of allylic oxidation sites excluding steroid dienone is 10. The normalized spacial score (nSPS) is 12.5. The molecule has 6 heteroatoms. The van der Waals surface area contributed by atoms with Crippen LogP contribution in [0.5, 0.6) is 0 Å². The lowest BCUT2D eigenvalue weighted by atomic mass is 10.0. The van der Waals surface area contributed by atoms with Gasteiger partial charge in [0.2, 0.25) is 0 Å². The Bertz CT molecular complexity index is 1180. The van der Waals surface area contributed by atoms with Crippen molar-refractivity contribution >= 4 is 17.9 Å². The zero-order valence-corrected chi connectivity index (χ0v) is 43.0. The van der Waals surface area contributed by atoms with E-state index >= 15 is 0 Å². The second-order valence-corrected chi connectivity index (χ2v) is 18.5. The number of carbonyl (C=O) groups is 3. The minimum atomic E-state index is -0.786. The highest BCUT2D eigenvalue weighted by Gasteiger charge is 2.19. The second kappa shape index (κ2) is 53.7. The fourth-order valence-corrected chi connectivity index (χ4v) is 7.84. The van der Waals surface area contributed by atoms with Crippen LogP contribution >= 0.6 is 0 Å². The number of hydrogen-bond donors (Lipinski definition) is 0. The predicted octanol–water partition coefficient (Wildman–Crippen LogP) is 18.4. The highest BCUT2D eigenvalue weighted by atomic mass is 16.6. The van der Waals surface area contributed by atoms with Crippen LogP contribution in [0.4, 0.5) is 0 Å². The Balaban J connectivity index is 4.42. The Labute approximate surface area is 402 Å². The smallest absolute Gasteiger partial charge is 0.306 e. The third kappa shape index (κ3) is 51.9. The van der Waals surface area contributed by atoms with Gasteiger partial charge in [0, 0.05) is 19.3 Å². The molecule has 0 fully saturated rings. The summed E-state index contributed by atoms with van der Waals surface area (Å²) in [5.41, 5.74) is 0. The van der Waals surface area contributed by atoms with Crippen LogP contribution in [0.1, 0.15) is 278 Å². The minimum Gasteiger partial charge on any atom is -0.462 e. The van der Waals surface area contributed by atoms with Gasteiger partial charge in [0.1, 0.15) is 13.2 Å². The maximum absolute atomic E-state index is 12.8. The number of unbranched alkanes of at least 4 members (excludes halogenated alkanes) is 29. The lowest BCUT2D eigenvalue weighted by molar-refractivity contribution is -0.167. The van der Waals surface area contributed by atoms with Gasteiger partial charge in [-0.05, 0) is 83.5 Å². The lowest BCUT2D eigenvalue weighted by Crippen LogP contribution is -2.30. The molecule has 6 nitrogen and oxygen atoms in total. The van der Waals surface area contributed by atoms with E-state index in [9.17, 15) is 14.4 Å². The summed E-state index contributed by atoms with van der Waals surface area (Å²) in [5, 5.41) is 0. The third-order valence-electron chi connectivity index (χ3n) is 12.0. The van der Waals surface area contributed by atoms with Crippen LogP contribution in [0.2, 0.25) is 0 Å². The summed E-state index contributed by atoms with van der Waals surface area (Å²) in [5.74, 6) is -0.906. The molecule has 0 aromatic carbocycles. The molecule has 0 aromatic heterocycles. The molecule has 0 aliphatic carbocycles. The van der Waals surface area contributed by atoms with E-state index in [2.05, 4.69) is 81.5 Å². The van der Waals surface area contributed by atoms with E-state index < -0.39 is 6.10 Å². The fraction of sp³-hybridized carbons (Fsp3) is 0.780. The van der Waals surface area contributed by atoms with E-state index in [4.69, 9.17) is 14.2 Å². The fourth-order valence-electron chi connectivity index (χ4n) is 7.84. The molecule has 0 radical (unpaired) electrons. The van der Waals surface area contributed by atoms with E-state index in [-0.39, 0.29) is 31.1 Å². The van der Waals surface area contributed by atoms with E-state index in [0.717, 1.165) is 109 Å². The van der Waals surface area contributed by atoms with Gasteiger partial charge in [-0.15, -0.1) is 0 Å². The largest absolute Gasteiger partial charge is 0.462 e. The van der Waals surface area contributed by atoms with Crippen molar-refractivity contribution in [3.63, 3.8) is 0 Å². The number of hydrogen-bond acceptors (Lipinski definition) is 6. The summed E-state index contributed by atoms with van der Waals surface area (Å²) in [4.78, 5) is 38.1. The van der Waals surface area contributed by atoms with Gasteiger partial charge in [0.25, 0.3) is 0 Å². The molecule has 0 spiro atoms. The van der Waals surface area contributed by atoms with Crippen LogP contribution in [0.15, 0.2) is 60.8 Å². The van der Waals surface area contributed by atoms with Gasteiger partial charge in [-0.2, -0.15) is 0 Å². The van der Waals surface area contributed by atoms with Crippen molar-refractivity contribution in [1.82, 2.24) is 0 Å². The topological polar surface area (TPSA) is 78.9 Å². The lowest BCUT2D eigenvalue weighted by Gasteiger charge is -2.18. The SMILES string of the molecule is CC/C=C\C/C=C\C/C=C\C/C=C\CCCCCCC(=O)OC[C@H](COC(=O)CCCCCCCCCCCCCCCCC)OC(=O)CCCCCCC/C=C\CCCCCCCC. The average Bonchev–Trinajstić information content (AvgIpc) is 3.30. The second-order valence-electron chi connectivity index (χ2n) is 18.5. The molecule has 65 heavy (non-hydrogen) atoms. The van der Waals surface area contributed by atoms with Crippen LogP contribution in [0.3, 0.4) is 0 Å². The monoisotopic (exact) mass is 909 g/mol. The van der Waals surface area contributed by atoms with Crippen molar-refractivity contribution in [3.05, 3.63) is 60.8 Å². The zero-order valence-electron chi connectivity index (χ0n) is 43.0. The summed E-state index contributed by atoms with van der Waals surface area (Å²) >= 11 is 0. The molecule has 0 aromatic rings. The van der Waals surface area contributed by atoms with Crippen molar-refractivity contribution < 1.29 is 28.6 Å². The van der Waals surface area contributed by atoms with Crippen molar-refractivity contribution in [2.24, 2.45) is 0 Å². The number of carbonyl (C=O) groups excluding carboxylic acids is 3. The third-order valence-corrected chi connectivity index (χ3v) is 12.0. The molecule has 0 aliphatic heterocycles. The van der Waals surface area contributed by atoms with Gasteiger partial charge in [-0.3, -0.25) is 14.4 Å². The molecular formula is C59H104O6. The Hall–Kier alpha value is -2.89. The van der Waals surface area contributed by atoms with Gasteiger partial charge in [0.15, 0.2) is 6.10 Å². The molecule has 376 valence electrons. The van der Waals surface area contributed by atoms with Crippen molar-refractivity contribution in [2.75, 3.05) is 13.2 Å². The van der Waals surface area contributed by atoms with Gasteiger partial charge < -0.3 is 14.2 Å². The Morgan fingerprint density at radius 3 is 0.954 bits per heavy atom. The molecule has 0 heterocycles. The van der Waals surface area contributed by atoms with Crippen molar-refractivity contribution in [3.8, 4) is 0 Å². The van der Waals surface area contributed by atoms with E-state index in [0.29, 0.717) is 19.3 Å². The zero-order chi connectivity index (χ0) is 47.2. The van der Waals surface area contributed by atoms with Crippen molar-refractivity contribution in [1.29, 1.82) is 0 Å². The van der Waals surface area contributed by atoms with Crippen LogP contribution < -0.4 is 0 Å². The molecule has 0 bridgehead atoms. The maximum atomic E-state index is 12.8. The summed E-state index contributed by atoms with van der Waals surface area (Å²) in [7, 11) is 0. The van der Waals surface area contributed by atoms with Crippen molar-refractivity contribution in [2.45, 2.75) is 284 Å². The number of ether oxygens (including phenoxy) is 3. The van der Waals surface area contributed by atoms with E-state index in [1.807, 2.05) is 0 Å². The van der Waals surface area contributed by atoms with Gasteiger partial charge in [0.05, 0.1) is 0 Å². The highest BCUT2D eigenvalue weighted by Crippen LogP contribution is 2.16. The molecular weight excluding hydrogens is 805 g/mol. The standard InChI is InChI=1S/C59H104O6/c1-4-7-10-13-16-19-22-25-28-29-32-34-37-40-43-46-49-52-58(61)64-55-56(65-59(62)53-50-47-44-41-38-35-31-27-24-21-18-15-12-9-6-3)54-63-57(60)51-48-45-42-39-36-33-30-26-23-20-17-14-11-8-5-2/h7,10,16,19,25,27-28,31-32,34,56H,4-6,8-9,11-15,17-18,20-24,26,29-30,33,35-55H2,1-3H3/b10-7-,19-16-,28-25-,31-27-,34-32-/t56-/m0/s1. The molecule has 1 atom stereocenters. The molecule has 0 aliphatic rings. The van der Waals surface area contributed by atoms with Crippen LogP contribution in [0.25, 0.3) is 0 Å². The first-order valence-electron chi connectivity index (χ1n) is 27.8. The summed E-state index contributed by atoms with van der Waals surface area (Å²) in [6, 6.07) is 0. The minimum absolute atomic E-state index is 0.0831. The quantitative estimate of drug-likeness (QED) is 0.0262. The molecule has 0 saturated heterocycles. The number of rotatable bonds is 50. The summed E-state index contributed by atoms with van der Waals surface area (Å²) in [6.07, 6.45) is 66.3. The predicted molar refractivity (Wildman–Crippen MR) is 279 cm³/mol. The Morgan fingerprint density at radius 1 is 0.323 bits per heavy atom. The molecule has 0 unspecified atom stereocenters. The van der Waals surface area contributed by atoms with Gasteiger partial charge >= 0.3 is 17.9 Å². The molecule has 0 saturated carbocycles. The van der Waals surface area contributed by atoms with Gasteiger partial charge in [-0.25, -0.2) is 0 Å². The summed E-state index contributed by atoms with van der Waals surface area (Å²) < 4.78 is 16.8.